The molecule has 0 aromatic carbocycles. The van der Waals surface area contributed by atoms with E-state index in [1.165, 1.54) is 18.3 Å². The quantitative estimate of drug-likeness (QED) is 0.688. The van der Waals surface area contributed by atoms with Crippen molar-refractivity contribution in [3.8, 4) is 0 Å². The largest absolute Gasteiger partial charge is 0.392 e. The fraction of sp³-hybridized carbons (Fsp3) is 0.800. The third kappa shape index (κ3) is 2.99. The lowest BCUT2D eigenvalue weighted by Crippen LogP contribution is -2.54. The Balaban J connectivity index is 3.03. The molecular weight excluding hydrogens is 274 g/mol. The highest BCUT2D eigenvalue weighted by atomic mass is 32.2. The van der Waals surface area contributed by atoms with Crippen molar-refractivity contribution < 1.29 is 13.2 Å². The number of carbonyl (C=O) groups is 1. The van der Waals surface area contributed by atoms with Crippen molar-refractivity contribution in [2.24, 2.45) is 5.73 Å². The second kappa shape index (κ2) is 5.94. The molecule has 0 spiro atoms. The van der Waals surface area contributed by atoms with Crippen LogP contribution in [-0.2, 0) is 14.8 Å². The van der Waals surface area contributed by atoms with E-state index in [4.69, 9.17) is 18.0 Å². The molecule has 1 heterocycles. The molecule has 0 saturated carbocycles. The van der Waals surface area contributed by atoms with Crippen molar-refractivity contribution in [1.29, 1.82) is 0 Å². The molecule has 0 bridgehead atoms. The van der Waals surface area contributed by atoms with Gasteiger partial charge in [-0.15, -0.1) is 0 Å². The molecule has 8 heteroatoms. The Labute approximate surface area is 113 Å². The van der Waals surface area contributed by atoms with E-state index in [1.807, 2.05) is 0 Å². The molecule has 1 amide bonds. The molecule has 104 valence electrons. The average Bonchev–Trinajstić information content (AvgIpc) is 2.36. The molecule has 18 heavy (non-hydrogen) atoms. The van der Waals surface area contributed by atoms with Crippen LogP contribution < -0.4 is 11.1 Å². The minimum absolute atomic E-state index is 0.0729. The molecule has 1 rings (SSSR count). The molecule has 0 radical (unpaired) electrons. The molecule has 1 aliphatic rings. The van der Waals surface area contributed by atoms with E-state index in [2.05, 4.69) is 5.32 Å². The van der Waals surface area contributed by atoms with Crippen LogP contribution in [0.3, 0.4) is 0 Å². The minimum atomic E-state index is -3.66. The molecule has 1 aliphatic heterocycles. The van der Waals surface area contributed by atoms with Gasteiger partial charge in [-0.3, -0.25) is 4.79 Å². The maximum atomic E-state index is 12.3. The fourth-order valence-corrected chi connectivity index (χ4v) is 3.99. The van der Waals surface area contributed by atoms with Gasteiger partial charge in [0.25, 0.3) is 0 Å². The number of rotatable bonds is 4. The maximum Gasteiger partial charge on any atom is 0.238 e. The SMILES string of the molecule is CNC(=O)C1CCCCN1S(=O)(=O)C(C)C(N)=S. The standard InChI is InChI=1S/C10H19N3O3S2/c1-7(9(11)17)18(15,16)13-6-4-3-5-8(13)10(14)12-2/h7-8H,3-6H2,1-2H3,(H2,11,17)(H,12,14). The van der Waals surface area contributed by atoms with E-state index in [0.717, 1.165) is 12.8 Å². The van der Waals surface area contributed by atoms with E-state index in [9.17, 15) is 13.2 Å². The topological polar surface area (TPSA) is 92.5 Å². The third-order valence-electron chi connectivity index (χ3n) is 3.18. The van der Waals surface area contributed by atoms with Gasteiger partial charge in [-0.25, -0.2) is 8.42 Å². The van der Waals surface area contributed by atoms with Crippen LogP contribution >= 0.6 is 12.2 Å². The van der Waals surface area contributed by atoms with Gasteiger partial charge in [0.2, 0.25) is 15.9 Å². The summed E-state index contributed by atoms with van der Waals surface area (Å²) in [7, 11) is -2.16. The smallest absolute Gasteiger partial charge is 0.238 e. The Morgan fingerprint density at radius 2 is 2.11 bits per heavy atom. The maximum absolute atomic E-state index is 12.3. The summed E-state index contributed by atoms with van der Waals surface area (Å²) in [5, 5.41) is 1.55. The molecule has 1 fully saturated rings. The van der Waals surface area contributed by atoms with E-state index in [-0.39, 0.29) is 10.9 Å². The van der Waals surface area contributed by atoms with Gasteiger partial charge < -0.3 is 11.1 Å². The Bertz CT molecular complexity index is 436. The van der Waals surface area contributed by atoms with Crippen molar-refractivity contribution in [3.63, 3.8) is 0 Å². The molecule has 2 atom stereocenters. The van der Waals surface area contributed by atoms with Crippen LogP contribution in [0.25, 0.3) is 0 Å². The highest BCUT2D eigenvalue weighted by Gasteiger charge is 2.39. The number of hydrogen-bond acceptors (Lipinski definition) is 4. The van der Waals surface area contributed by atoms with Crippen molar-refractivity contribution in [2.45, 2.75) is 37.5 Å². The van der Waals surface area contributed by atoms with Crippen LogP contribution in [0.15, 0.2) is 0 Å². The first kappa shape index (κ1) is 15.3. The van der Waals surface area contributed by atoms with E-state index in [1.54, 1.807) is 0 Å². The number of thiocarbonyl (C=S) groups is 1. The lowest BCUT2D eigenvalue weighted by molar-refractivity contribution is -0.125. The minimum Gasteiger partial charge on any atom is -0.392 e. The summed E-state index contributed by atoms with van der Waals surface area (Å²) in [5.74, 6) is -0.284. The lowest BCUT2D eigenvalue weighted by Gasteiger charge is -2.34. The second-order valence-electron chi connectivity index (χ2n) is 4.33. The lowest BCUT2D eigenvalue weighted by atomic mass is 10.0. The summed E-state index contributed by atoms with van der Waals surface area (Å²) in [6.45, 7) is 1.79. The van der Waals surface area contributed by atoms with Crippen LogP contribution in [0, 0.1) is 0 Å². The van der Waals surface area contributed by atoms with Crippen molar-refractivity contribution in [1.82, 2.24) is 9.62 Å². The average molecular weight is 293 g/mol. The van der Waals surface area contributed by atoms with Crippen LogP contribution in [0.5, 0.6) is 0 Å². The highest BCUT2D eigenvalue weighted by molar-refractivity contribution is 7.92. The summed E-state index contributed by atoms with van der Waals surface area (Å²) in [6.07, 6.45) is 2.12. The van der Waals surface area contributed by atoms with E-state index in [0.29, 0.717) is 13.0 Å². The predicted octanol–water partition coefficient (Wildman–Crippen LogP) is -0.409. The Morgan fingerprint density at radius 1 is 1.50 bits per heavy atom. The molecule has 0 aliphatic carbocycles. The number of amides is 1. The van der Waals surface area contributed by atoms with Gasteiger partial charge in [0, 0.05) is 13.6 Å². The summed E-state index contributed by atoms with van der Waals surface area (Å²) in [6, 6.07) is -0.648. The first-order chi connectivity index (χ1) is 8.32. The summed E-state index contributed by atoms with van der Waals surface area (Å²) < 4.78 is 25.9. The first-order valence-corrected chi connectivity index (χ1v) is 7.75. The van der Waals surface area contributed by atoms with Crippen LogP contribution in [0.4, 0.5) is 0 Å². The normalized spacial score (nSPS) is 23.3. The molecule has 2 unspecified atom stereocenters. The van der Waals surface area contributed by atoms with Gasteiger partial charge >= 0.3 is 0 Å². The zero-order chi connectivity index (χ0) is 13.9. The number of nitrogens with zero attached hydrogens (tertiary/aromatic N) is 1. The number of likely N-dealkylation sites (N-methyl/N-ethyl adjacent to an activating group) is 1. The zero-order valence-corrected chi connectivity index (χ0v) is 12.2. The fourth-order valence-electron chi connectivity index (χ4n) is 1.99. The third-order valence-corrected chi connectivity index (χ3v) is 5.92. The van der Waals surface area contributed by atoms with E-state index < -0.39 is 21.3 Å². The van der Waals surface area contributed by atoms with E-state index >= 15 is 0 Å². The van der Waals surface area contributed by atoms with Gasteiger partial charge in [0.1, 0.15) is 11.3 Å². The van der Waals surface area contributed by atoms with Crippen molar-refractivity contribution in [3.05, 3.63) is 0 Å². The Morgan fingerprint density at radius 3 is 2.61 bits per heavy atom. The zero-order valence-electron chi connectivity index (χ0n) is 10.5. The summed E-state index contributed by atoms with van der Waals surface area (Å²) in [4.78, 5) is 11.7. The Hall–Kier alpha value is -0.730. The highest BCUT2D eigenvalue weighted by Crippen LogP contribution is 2.23. The number of nitrogens with one attached hydrogen (secondary N) is 1. The number of nitrogens with two attached hydrogens (primary N) is 1. The number of carbonyl (C=O) groups excluding carboxylic acids is 1. The first-order valence-electron chi connectivity index (χ1n) is 5.84. The molecule has 6 nitrogen and oxygen atoms in total. The van der Waals surface area contributed by atoms with Gasteiger partial charge in [-0.2, -0.15) is 4.31 Å². The number of piperidine rings is 1. The van der Waals surface area contributed by atoms with Crippen LogP contribution in [0.2, 0.25) is 0 Å². The Kier molecular flexibility index (Phi) is 5.06. The van der Waals surface area contributed by atoms with Crippen LogP contribution in [0.1, 0.15) is 26.2 Å². The molecule has 0 aromatic rings. The monoisotopic (exact) mass is 293 g/mol. The molecule has 3 N–H and O–H groups in total. The van der Waals surface area contributed by atoms with Crippen molar-refractivity contribution in [2.75, 3.05) is 13.6 Å². The molecular formula is C10H19N3O3S2. The van der Waals surface area contributed by atoms with Gasteiger partial charge in [0.05, 0.1) is 4.99 Å². The van der Waals surface area contributed by atoms with Crippen molar-refractivity contribution >= 4 is 33.1 Å². The summed E-state index contributed by atoms with van der Waals surface area (Å²) in [5.41, 5.74) is 5.41. The van der Waals surface area contributed by atoms with Gasteiger partial charge in [-0.05, 0) is 19.8 Å². The van der Waals surface area contributed by atoms with Gasteiger partial charge in [-0.1, -0.05) is 18.6 Å². The number of sulfonamides is 1. The molecule has 1 saturated heterocycles. The summed E-state index contributed by atoms with van der Waals surface area (Å²) >= 11 is 4.74. The van der Waals surface area contributed by atoms with Gasteiger partial charge in [0.15, 0.2) is 0 Å². The predicted molar refractivity (Wildman–Crippen MR) is 73.6 cm³/mol. The number of hydrogen-bond donors (Lipinski definition) is 2. The van der Waals surface area contributed by atoms with Crippen LogP contribution in [-0.4, -0.2) is 48.5 Å². The second-order valence-corrected chi connectivity index (χ2v) is 7.00. The molecule has 0 aromatic heterocycles.